The topological polar surface area (TPSA) is 73.7 Å². The maximum Gasteiger partial charge on any atom is 0.218 e. The normalized spacial score (nSPS) is 13.7. The van der Waals surface area contributed by atoms with Crippen molar-refractivity contribution in [1.29, 1.82) is 0 Å². The Bertz CT molecular complexity index is 1330. The van der Waals surface area contributed by atoms with Gasteiger partial charge in [-0.3, -0.25) is 0 Å². The molecule has 0 bridgehead atoms. The van der Waals surface area contributed by atoms with E-state index in [-0.39, 0.29) is 17.1 Å². The molecule has 0 aliphatic heterocycles. The Labute approximate surface area is 241 Å². The van der Waals surface area contributed by atoms with Crippen LogP contribution in [0.1, 0.15) is 75.7 Å². The Balaban J connectivity index is 1.88. The molecule has 2 unspecified atom stereocenters. The third-order valence-corrected chi connectivity index (χ3v) is 12.0. The third kappa shape index (κ3) is 8.41. The van der Waals surface area contributed by atoms with Crippen molar-refractivity contribution in [2.45, 2.75) is 90.8 Å². The SMILES string of the molecule is COc1ccc(COc2cc(C#CC(O[Si](C)(C)C(C)(C)C)C(C)c3ccc(C(C)(C)O)cc3)nc(C)n2)cc1. The number of hydrogen-bond donors (Lipinski definition) is 1. The first-order valence-corrected chi connectivity index (χ1v) is 16.6. The first-order chi connectivity index (χ1) is 18.6. The number of ether oxygens (including phenoxy) is 2. The Morgan fingerprint density at radius 1 is 0.950 bits per heavy atom. The van der Waals surface area contributed by atoms with Gasteiger partial charge in [-0.2, -0.15) is 4.98 Å². The van der Waals surface area contributed by atoms with Crippen molar-refractivity contribution in [3.63, 3.8) is 0 Å². The molecule has 1 N–H and O–H groups in total. The first kappa shape index (κ1) is 31.3. The molecule has 6 nitrogen and oxygen atoms in total. The van der Waals surface area contributed by atoms with Gasteiger partial charge in [0, 0.05) is 12.0 Å². The summed E-state index contributed by atoms with van der Waals surface area (Å²) < 4.78 is 18.1. The van der Waals surface area contributed by atoms with E-state index in [4.69, 9.17) is 13.9 Å². The van der Waals surface area contributed by atoms with Gasteiger partial charge in [0.15, 0.2) is 8.32 Å². The summed E-state index contributed by atoms with van der Waals surface area (Å²) in [6.07, 6.45) is -0.340. The standard InChI is InChI=1S/C33H44N2O4Si/c1-23(26-13-15-27(16-14-26)33(6,7)36)30(39-40(9,10)32(3,4)5)20-17-28-21-31(35-24(2)34-28)38-22-25-11-18-29(37-8)19-12-25/h11-16,18-19,21,23,30,36H,22H2,1-10H3. The molecule has 0 fully saturated rings. The Morgan fingerprint density at radius 3 is 2.12 bits per heavy atom. The molecule has 2 atom stereocenters. The number of aryl methyl sites for hydroxylation is 1. The largest absolute Gasteiger partial charge is 0.497 e. The average molecular weight is 561 g/mol. The molecular formula is C33H44N2O4Si. The van der Waals surface area contributed by atoms with E-state index in [1.807, 2.05) is 43.3 Å². The molecule has 0 radical (unpaired) electrons. The van der Waals surface area contributed by atoms with Crippen molar-refractivity contribution in [2.24, 2.45) is 0 Å². The summed E-state index contributed by atoms with van der Waals surface area (Å²) in [4.78, 5) is 8.99. The van der Waals surface area contributed by atoms with E-state index in [9.17, 15) is 5.11 Å². The molecule has 0 aliphatic rings. The van der Waals surface area contributed by atoms with Crippen molar-refractivity contribution in [3.05, 3.63) is 82.8 Å². The fraction of sp³-hybridized carbons (Fsp3) is 0.455. The van der Waals surface area contributed by atoms with E-state index in [0.29, 0.717) is 24.0 Å². The monoisotopic (exact) mass is 560 g/mol. The quantitative estimate of drug-likeness (QED) is 0.221. The molecule has 3 aromatic rings. The van der Waals surface area contributed by atoms with E-state index in [0.717, 1.165) is 22.4 Å². The molecule has 214 valence electrons. The smallest absolute Gasteiger partial charge is 0.218 e. The minimum Gasteiger partial charge on any atom is -0.497 e. The molecule has 1 heterocycles. The van der Waals surface area contributed by atoms with E-state index < -0.39 is 13.9 Å². The molecule has 0 saturated heterocycles. The van der Waals surface area contributed by atoms with Crippen molar-refractivity contribution in [3.8, 4) is 23.5 Å². The molecule has 3 rings (SSSR count). The van der Waals surface area contributed by atoms with Crippen LogP contribution in [0.15, 0.2) is 54.6 Å². The molecule has 2 aromatic carbocycles. The van der Waals surface area contributed by atoms with E-state index in [1.165, 1.54) is 0 Å². The van der Waals surface area contributed by atoms with Crippen LogP contribution in [0.2, 0.25) is 18.1 Å². The molecule has 0 spiro atoms. The Kier molecular flexibility index (Phi) is 9.84. The summed E-state index contributed by atoms with van der Waals surface area (Å²) in [7, 11) is -0.484. The number of aromatic nitrogens is 2. The predicted octanol–water partition coefficient (Wildman–Crippen LogP) is 7.15. The fourth-order valence-electron chi connectivity index (χ4n) is 3.82. The first-order valence-electron chi connectivity index (χ1n) is 13.7. The van der Waals surface area contributed by atoms with Crippen molar-refractivity contribution in [2.75, 3.05) is 7.11 Å². The van der Waals surface area contributed by atoms with Crippen molar-refractivity contribution in [1.82, 2.24) is 9.97 Å². The maximum absolute atomic E-state index is 10.4. The van der Waals surface area contributed by atoms with Gasteiger partial charge in [-0.25, -0.2) is 4.98 Å². The summed E-state index contributed by atoms with van der Waals surface area (Å²) in [5.74, 6) is 8.54. The van der Waals surface area contributed by atoms with Gasteiger partial charge in [0.1, 0.15) is 30.0 Å². The van der Waals surface area contributed by atoms with E-state index in [2.05, 4.69) is 74.7 Å². The lowest BCUT2D eigenvalue weighted by atomic mass is 9.91. The fourth-order valence-corrected chi connectivity index (χ4v) is 5.07. The minimum absolute atomic E-state index is 0.00575. The van der Waals surface area contributed by atoms with Crippen LogP contribution >= 0.6 is 0 Å². The van der Waals surface area contributed by atoms with Crippen LogP contribution in [0.5, 0.6) is 11.6 Å². The van der Waals surface area contributed by atoms with Gasteiger partial charge in [-0.05, 0) is 73.6 Å². The Morgan fingerprint density at radius 2 is 1.57 bits per heavy atom. The molecular weight excluding hydrogens is 516 g/mol. The number of benzene rings is 2. The average Bonchev–Trinajstić information content (AvgIpc) is 2.88. The second-order valence-corrected chi connectivity index (χ2v) is 17.1. The highest BCUT2D eigenvalue weighted by Gasteiger charge is 2.40. The summed E-state index contributed by atoms with van der Waals surface area (Å²) >= 11 is 0. The van der Waals surface area contributed by atoms with Gasteiger partial charge in [0.05, 0.1) is 12.7 Å². The zero-order valence-corrected chi connectivity index (χ0v) is 26.6. The minimum atomic E-state index is -2.13. The highest BCUT2D eigenvalue weighted by atomic mass is 28.4. The molecule has 7 heteroatoms. The molecule has 0 saturated carbocycles. The second-order valence-electron chi connectivity index (χ2n) is 12.3. The van der Waals surface area contributed by atoms with Crippen LogP contribution in [0, 0.1) is 18.8 Å². The van der Waals surface area contributed by atoms with Gasteiger partial charge < -0.3 is 19.0 Å². The van der Waals surface area contributed by atoms with Crippen LogP contribution in [0.3, 0.4) is 0 Å². The van der Waals surface area contributed by atoms with Gasteiger partial charge in [-0.1, -0.05) is 70.0 Å². The van der Waals surface area contributed by atoms with E-state index >= 15 is 0 Å². The lowest BCUT2D eigenvalue weighted by molar-refractivity contribution is 0.0785. The van der Waals surface area contributed by atoms with Gasteiger partial charge in [0.2, 0.25) is 5.88 Å². The Hall–Kier alpha value is -3.18. The highest BCUT2D eigenvalue weighted by Crippen LogP contribution is 2.39. The lowest BCUT2D eigenvalue weighted by Gasteiger charge is -2.39. The molecule has 0 amide bonds. The number of hydrogen-bond acceptors (Lipinski definition) is 6. The summed E-state index contributed by atoms with van der Waals surface area (Å²) in [5, 5.41) is 10.4. The van der Waals surface area contributed by atoms with Gasteiger partial charge in [0.25, 0.3) is 0 Å². The zero-order valence-electron chi connectivity index (χ0n) is 25.6. The second kappa shape index (κ2) is 12.6. The maximum atomic E-state index is 10.4. The van der Waals surface area contributed by atoms with Crippen LogP contribution in [0.25, 0.3) is 0 Å². The van der Waals surface area contributed by atoms with Crippen molar-refractivity contribution < 1.29 is 19.0 Å². The van der Waals surface area contributed by atoms with Crippen LogP contribution in [0.4, 0.5) is 0 Å². The summed E-state index contributed by atoms with van der Waals surface area (Å²) in [5.41, 5.74) is 2.68. The number of nitrogens with zero attached hydrogens (tertiary/aromatic N) is 2. The number of rotatable bonds is 9. The van der Waals surface area contributed by atoms with Gasteiger partial charge >= 0.3 is 0 Å². The number of methoxy groups -OCH3 is 1. The van der Waals surface area contributed by atoms with Crippen LogP contribution in [-0.4, -0.2) is 36.6 Å². The zero-order chi connectivity index (χ0) is 29.7. The summed E-state index contributed by atoms with van der Waals surface area (Å²) in [6, 6.07) is 17.6. The molecule has 1 aromatic heterocycles. The highest BCUT2D eigenvalue weighted by molar-refractivity contribution is 6.74. The molecule has 40 heavy (non-hydrogen) atoms. The van der Waals surface area contributed by atoms with Crippen LogP contribution in [-0.2, 0) is 16.6 Å². The van der Waals surface area contributed by atoms with Crippen molar-refractivity contribution >= 4 is 8.32 Å². The summed E-state index contributed by atoms with van der Waals surface area (Å²) in [6.45, 7) is 19.1. The molecule has 0 aliphatic carbocycles. The number of aliphatic hydroxyl groups is 1. The predicted molar refractivity (Wildman–Crippen MR) is 163 cm³/mol. The lowest BCUT2D eigenvalue weighted by Crippen LogP contribution is -2.44. The van der Waals surface area contributed by atoms with Crippen LogP contribution < -0.4 is 9.47 Å². The third-order valence-electron chi connectivity index (χ3n) is 7.53. The van der Waals surface area contributed by atoms with E-state index in [1.54, 1.807) is 27.0 Å². The van der Waals surface area contributed by atoms with Gasteiger partial charge in [-0.15, -0.1) is 0 Å².